The molecule has 0 spiro atoms. The van der Waals surface area contributed by atoms with E-state index in [0.717, 1.165) is 10.0 Å². The van der Waals surface area contributed by atoms with Crippen LogP contribution in [0.3, 0.4) is 0 Å². The van der Waals surface area contributed by atoms with Crippen LogP contribution in [0.1, 0.15) is 5.56 Å². The van der Waals surface area contributed by atoms with Gasteiger partial charge in [0.1, 0.15) is 17.2 Å². The molecule has 0 fully saturated rings. The van der Waals surface area contributed by atoms with E-state index >= 15 is 0 Å². The molecule has 0 aliphatic heterocycles. The number of nitrogens with one attached hydrogen (secondary N) is 3. The number of aryl methyl sites for hydroxylation is 1. The van der Waals surface area contributed by atoms with Crippen molar-refractivity contribution in [1.29, 1.82) is 0 Å². The van der Waals surface area contributed by atoms with Crippen LogP contribution in [0.2, 0.25) is 0 Å². The zero-order chi connectivity index (χ0) is 21.2. The molecule has 0 saturated carbocycles. The molecular formula is C19H20BrN3O5S. The average molecular weight is 482 g/mol. The van der Waals surface area contributed by atoms with E-state index in [4.69, 9.17) is 26.4 Å². The third-order valence-electron chi connectivity index (χ3n) is 3.50. The lowest BCUT2D eigenvalue weighted by Crippen LogP contribution is -2.50. The number of rotatable bonds is 7. The first kappa shape index (κ1) is 22.4. The second-order valence-corrected chi connectivity index (χ2v) is 6.98. The predicted octanol–water partition coefficient (Wildman–Crippen LogP) is 2.25. The van der Waals surface area contributed by atoms with E-state index < -0.39 is 11.8 Å². The van der Waals surface area contributed by atoms with E-state index in [0.29, 0.717) is 17.2 Å². The summed E-state index contributed by atoms with van der Waals surface area (Å²) in [4.78, 5) is 23.6. The van der Waals surface area contributed by atoms with Gasteiger partial charge in [-0.2, -0.15) is 0 Å². The van der Waals surface area contributed by atoms with Gasteiger partial charge < -0.3 is 14.2 Å². The Morgan fingerprint density at radius 1 is 0.931 bits per heavy atom. The fraction of sp³-hybridized carbons (Fsp3) is 0.211. The SMILES string of the molecule is COc1ccc(OCC(=O)NNC(=S)NC(=O)COc2ccc(Br)c(C)c2)cc1. The second-order valence-electron chi connectivity index (χ2n) is 5.71. The van der Waals surface area contributed by atoms with Gasteiger partial charge in [-0.15, -0.1) is 0 Å². The van der Waals surface area contributed by atoms with Gasteiger partial charge in [0.2, 0.25) is 0 Å². The Morgan fingerprint density at radius 3 is 2.17 bits per heavy atom. The highest BCUT2D eigenvalue weighted by Gasteiger charge is 2.08. The van der Waals surface area contributed by atoms with Crippen molar-refractivity contribution >= 4 is 45.1 Å². The molecule has 2 aromatic rings. The van der Waals surface area contributed by atoms with Crippen LogP contribution in [0.15, 0.2) is 46.9 Å². The lowest BCUT2D eigenvalue weighted by Gasteiger charge is -2.12. The van der Waals surface area contributed by atoms with Gasteiger partial charge in [0.15, 0.2) is 18.3 Å². The Morgan fingerprint density at radius 2 is 1.52 bits per heavy atom. The van der Waals surface area contributed by atoms with Crippen molar-refractivity contribution in [3.8, 4) is 17.2 Å². The van der Waals surface area contributed by atoms with Crippen molar-refractivity contribution in [3.05, 3.63) is 52.5 Å². The number of hydrogen-bond donors (Lipinski definition) is 3. The Bertz CT molecular complexity index is 877. The monoisotopic (exact) mass is 481 g/mol. The van der Waals surface area contributed by atoms with E-state index in [-0.39, 0.29) is 18.3 Å². The number of hydrazine groups is 1. The molecule has 2 amide bonds. The first-order valence-corrected chi connectivity index (χ1v) is 9.62. The third-order valence-corrected chi connectivity index (χ3v) is 4.59. The molecule has 0 aliphatic carbocycles. The van der Waals surface area contributed by atoms with Crippen molar-refractivity contribution in [3.63, 3.8) is 0 Å². The number of benzene rings is 2. The van der Waals surface area contributed by atoms with E-state index in [9.17, 15) is 9.59 Å². The zero-order valence-electron chi connectivity index (χ0n) is 15.8. The van der Waals surface area contributed by atoms with Gasteiger partial charge in [-0.1, -0.05) is 15.9 Å². The maximum atomic E-state index is 11.9. The van der Waals surface area contributed by atoms with E-state index in [2.05, 4.69) is 32.1 Å². The van der Waals surface area contributed by atoms with Crippen LogP contribution in [-0.4, -0.2) is 37.3 Å². The summed E-state index contributed by atoms with van der Waals surface area (Å²) in [5, 5.41) is 2.33. The van der Waals surface area contributed by atoms with Gasteiger partial charge in [0.25, 0.3) is 11.8 Å². The van der Waals surface area contributed by atoms with Crippen LogP contribution in [0, 0.1) is 6.92 Å². The predicted molar refractivity (Wildman–Crippen MR) is 115 cm³/mol. The summed E-state index contributed by atoms with van der Waals surface area (Å²) in [5.41, 5.74) is 5.73. The minimum Gasteiger partial charge on any atom is -0.497 e. The molecule has 0 bridgehead atoms. The van der Waals surface area contributed by atoms with Crippen molar-refractivity contribution in [2.24, 2.45) is 0 Å². The number of ether oxygens (including phenoxy) is 3. The number of carbonyl (C=O) groups is 2. The fourth-order valence-electron chi connectivity index (χ4n) is 2.03. The van der Waals surface area contributed by atoms with E-state index in [1.165, 1.54) is 0 Å². The summed E-state index contributed by atoms with van der Waals surface area (Å²) in [6.45, 7) is 1.45. The van der Waals surface area contributed by atoms with Crippen molar-refractivity contribution in [2.45, 2.75) is 6.92 Å². The first-order chi connectivity index (χ1) is 13.9. The Hall–Kier alpha value is -2.85. The lowest BCUT2D eigenvalue weighted by molar-refractivity contribution is -0.124. The molecule has 0 unspecified atom stereocenters. The molecule has 10 heteroatoms. The average Bonchev–Trinajstić information content (AvgIpc) is 2.72. The zero-order valence-corrected chi connectivity index (χ0v) is 18.2. The van der Waals surface area contributed by atoms with Crippen LogP contribution in [0.25, 0.3) is 0 Å². The number of methoxy groups -OCH3 is 1. The van der Waals surface area contributed by atoms with Crippen molar-refractivity contribution in [1.82, 2.24) is 16.2 Å². The van der Waals surface area contributed by atoms with Crippen LogP contribution in [0.5, 0.6) is 17.2 Å². The summed E-state index contributed by atoms with van der Waals surface area (Å²) in [7, 11) is 1.56. The molecule has 8 nitrogen and oxygen atoms in total. The summed E-state index contributed by atoms with van der Waals surface area (Å²) in [6.07, 6.45) is 0. The highest BCUT2D eigenvalue weighted by Crippen LogP contribution is 2.21. The number of thiocarbonyl (C=S) groups is 1. The van der Waals surface area contributed by atoms with Gasteiger partial charge in [-0.3, -0.25) is 25.8 Å². The largest absolute Gasteiger partial charge is 0.497 e. The fourth-order valence-corrected chi connectivity index (χ4v) is 2.44. The molecule has 3 N–H and O–H groups in total. The van der Waals surface area contributed by atoms with Crippen molar-refractivity contribution in [2.75, 3.05) is 20.3 Å². The van der Waals surface area contributed by atoms with Gasteiger partial charge >= 0.3 is 0 Å². The molecule has 154 valence electrons. The smallest absolute Gasteiger partial charge is 0.276 e. The van der Waals surface area contributed by atoms with Crippen LogP contribution >= 0.6 is 28.1 Å². The van der Waals surface area contributed by atoms with Gasteiger partial charge in [-0.25, -0.2) is 0 Å². The van der Waals surface area contributed by atoms with E-state index in [1.54, 1.807) is 43.5 Å². The molecule has 2 rings (SSSR count). The minimum absolute atomic E-state index is 0.0663. The Balaban J connectivity index is 1.65. The van der Waals surface area contributed by atoms with Gasteiger partial charge in [0, 0.05) is 4.47 Å². The lowest BCUT2D eigenvalue weighted by atomic mass is 10.2. The number of hydrogen-bond acceptors (Lipinski definition) is 6. The number of halogens is 1. The normalized spacial score (nSPS) is 9.90. The minimum atomic E-state index is -0.473. The molecular weight excluding hydrogens is 462 g/mol. The molecule has 0 aliphatic rings. The Labute approximate surface area is 182 Å². The van der Waals surface area contributed by atoms with Crippen molar-refractivity contribution < 1.29 is 23.8 Å². The number of carbonyl (C=O) groups excluding carboxylic acids is 2. The molecule has 0 heterocycles. The second kappa shape index (κ2) is 11.2. The topological polar surface area (TPSA) is 97.9 Å². The molecule has 0 aromatic heterocycles. The quantitative estimate of drug-likeness (QED) is 0.412. The first-order valence-electron chi connectivity index (χ1n) is 8.42. The highest BCUT2D eigenvalue weighted by molar-refractivity contribution is 9.10. The molecule has 0 radical (unpaired) electrons. The van der Waals surface area contributed by atoms with Gasteiger partial charge in [-0.05, 0) is 67.2 Å². The number of amides is 2. The molecule has 0 saturated heterocycles. The summed E-state index contributed by atoms with van der Waals surface area (Å²) in [6, 6.07) is 12.2. The molecule has 0 atom stereocenters. The third kappa shape index (κ3) is 7.96. The summed E-state index contributed by atoms with van der Waals surface area (Å²) < 4.78 is 16.7. The molecule has 2 aromatic carbocycles. The van der Waals surface area contributed by atoms with E-state index in [1.807, 2.05) is 13.0 Å². The van der Waals surface area contributed by atoms with Crippen LogP contribution < -0.4 is 30.4 Å². The Kier molecular flexibility index (Phi) is 8.68. The highest BCUT2D eigenvalue weighted by atomic mass is 79.9. The summed E-state index contributed by atoms with van der Waals surface area (Å²) in [5.74, 6) is 0.815. The maximum absolute atomic E-state index is 11.9. The van der Waals surface area contributed by atoms with Gasteiger partial charge in [0.05, 0.1) is 7.11 Å². The summed E-state index contributed by atoms with van der Waals surface area (Å²) >= 11 is 8.34. The standard InChI is InChI=1S/C19H20BrN3O5S/c1-12-9-15(7-8-16(12)20)28-10-17(24)21-19(29)23-22-18(25)11-27-14-5-3-13(26-2)4-6-14/h3-9H,10-11H2,1-2H3,(H,22,25)(H2,21,23,24,29). The van der Waals surface area contributed by atoms with Crippen LogP contribution in [-0.2, 0) is 9.59 Å². The maximum Gasteiger partial charge on any atom is 0.276 e. The molecule has 29 heavy (non-hydrogen) atoms. The van der Waals surface area contributed by atoms with Crippen LogP contribution in [0.4, 0.5) is 0 Å².